The van der Waals surface area contributed by atoms with E-state index in [9.17, 15) is 0 Å². The molecule has 0 aromatic carbocycles. The van der Waals surface area contributed by atoms with Crippen LogP contribution in [0.15, 0.2) is 0 Å². The van der Waals surface area contributed by atoms with Crippen molar-refractivity contribution in [3.05, 3.63) is 0 Å². The van der Waals surface area contributed by atoms with E-state index in [2.05, 4.69) is 0 Å². The van der Waals surface area contributed by atoms with Crippen molar-refractivity contribution in [2.75, 3.05) is 0 Å². The number of hydrogen-bond acceptors (Lipinski definition) is 0. The zero-order chi connectivity index (χ0) is 0. The number of rotatable bonds is 0. The third-order valence-electron chi connectivity index (χ3n) is 0. The third-order valence-corrected chi connectivity index (χ3v) is 0. The maximum Gasteiger partial charge on any atom is 3.00 e. The molecule has 0 fully saturated rings. The van der Waals surface area contributed by atoms with Gasteiger partial charge in [0.25, 0.3) is 0 Å². The molecule has 0 atom stereocenters. The summed E-state index contributed by atoms with van der Waals surface area (Å²) in [4.78, 5) is 0. The molecular weight excluding hydrogens is 354 g/mol. The van der Waals surface area contributed by atoms with Gasteiger partial charge < -0.3 is 27.4 Å². The fourth-order valence-corrected chi connectivity index (χ4v) is 0. The van der Waals surface area contributed by atoms with Crippen molar-refractivity contribution in [3.8, 4) is 0 Å². The van der Waals surface area contributed by atoms with Gasteiger partial charge in [0.2, 0.25) is 0 Å². The van der Waals surface area contributed by atoms with Gasteiger partial charge >= 0.3 is 88.2 Å². The van der Waals surface area contributed by atoms with Crippen molar-refractivity contribution < 1.29 is 46.9 Å². The zero-order valence-electron chi connectivity index (χ0n) is 4.61. The van der Waals surface area contributed by atoms with Crippen LogP contribution in [0.3, 0.4) is 0 Å². The Labute approximate surface area is 114 Å². The van der Waals surface area contributed by atoms with Crippen LogP contribution in [0.5, 0.6) is 0 Å². The van der Waals surface area contributed by atoms with E-state index in [1.54, 1.807) is 0 Å². The van der Waals surface area contributed by atoms with Crippen molar-refractivity contribution in [3.63, 3.8) is 0 Å². The maximum atomic E-state index is 0. The van der Waals surface area contributed by atoms with E-state index in [0.29, 0.717) is 0 Å². The van der Waals surface area contributed by atoms with E-state index in [1.807, 2.05) is 0 Å². The molecule has 0 aliphatic heterocycles. The summed E-state index contributed by atoms with van der Waals surface area (Å²) in [5, 5.41) is 0. The van der Waals surface area contributed by atoms with Crippen molar-refractivity contribution in [1.29, 1.82) is 0 Å². The predicted molar refractivity (Wildman–Crippen MR) is 20.7 cm³/mol. The largest absolute Gasteiger partial charge is 3.00 e. The Kier molecular flexibility index (Phi) is 2830. The second-order valence-corrected chi connectivity index (χ2v) is 0. The molecule has 0 saturated heterocycles. The third kappa shape index (κ3) is 111. The van der Waals surface area contributed by atoms with Gasteiger partial charge in [-0.3, -0.25) is 0 Å². The molecule has 0 bridgehead atoms. The van der Waals surface area contributed by atoms with E-state index >= 15 is 0 Å². The molecule has 9 heteroatoms. The summed E-state index contributed by atoms with van der Waals surface area (Å²) >= 11 is 0. The summed E-state index contributed by atoms with van der Waals surface area (Å²) in [6, 6.07) is 0. The first-order valence-electron chi connectivity index (χ1n) is 0. The van der Waals surface area contributed by atoms with Crippen LogP contribution in [0.4, 0.5) is 0 Å². The van der Waals surface area contributed by atoms with Gasteiger partial charge in [0.15, 0.2) is 0 Å². The van der Waals surface area contributed by atoms with Gasteiger partial charge in [-0.05, 0) is 0 Å². The van der Waals surface area contributed by atoms with Crippen molar-refractivity contribution in [1.82, 2.24) is 0 Å². The van der Waals surface area contributed by atoms with Gasteiger partial charge in [0.05, 0.1) is 0 Å². The van der Waals surface area contributed by atoms with E-state index in [-0.39, 0.29) is 116 Å². The second-order valence-electron chi connectivity index (χ2n) is 0. The Morgan fingerprint density at radius 2 is 0.556 bits per heavy atom. The minimum Gasteiger partial charge on any atom is -2.00 e. The summed E-state index contributed by atoms with van der Waals surface area (Å²) in [5.41, 5.74) is 0. The van der Waals surface area contributed by atoms with Crippen LogP contribution >= 0.6 is 0 Å². The van der Waals surface area contributed by atoms with E-state index in [4.69, 9.17) is 0 Å². The average molecular weight is 354 g/mol. The molecule has 0 aromatic rings. The summed E-state index contributed by atoms with van der Waals surface area (Å²) in [6.45, 7) is 0. The van der Waals surface area contributed by atoms with Gasteiger partial charge in [-0.1, -0.05) is 0 Å². The van der Waals surface area contributed by atoms with Gasteiger partial charge in [0, 0.05) is 0 Å². The zero-order valence-corrected chi connectivity index (χ0v) is 14.7. The molecule has 0 unspecified atom stereocenters. The molecule has 0 radical (unpaired) electrons. The first-order chi connectivity index (χ1) is 0. The molecule has 0 heterocycles. The second kappa shape index (κ2) is 138. The first-order valence-corrected chi connectivity index (χ1v) is 0. The Balaban J connectivity index is 0. The smallest absolute Gasteiger partial charge is 2.00 e. The van der Waals surface area contributed by atoms with E-state index < -0.39 is 0 Å². The van der Waals surface area contributed by atoms with Crippen molar-refractivity contribution in [2.24, 2.45) is 0 Å². The molecule has 0 rings (SSSR count). The maximum absolute atomic E-state index is 0. The first kappa shape index (κ1) is 184. The molecular formula is GaInMgO5Zn. The molecule has 0 aliphatic rings. The Morgan fingerprint density at radius 3 is 0.556 bits per heavy atom. The Morgan fingerprint density at radius 1 is 0.556 bits per heavy atom. The molecule has 40 valence electrons. The SMILES string of the molecule is [Ga+3].[In+3].[Mg+2].[O-2].[O-2].[O-2].[O-2].[O-2].[Zn+2]. The van der Waals surface area contributed by atoms with Gasteiger partial charge in [0.1, 0.15) is 0 Å². The number of hydrogen-bond donors (Lipinski definition) is 0. The monoisotopic (exact) mass is 352 g/mol. The van der Waals surface area contributed by atoms with Crippen LogP contribution in [-0.4, -0.2) is 68.7 Å². The molecule has 0 aliphatic carbocycles. The predicted octanol–water partition coefficient (Wildman–Crippen LogP) is -1.74. The van der Waals surface area contributed by atoms with E-state index in [1.165, 1.54) is 0 Å². The van der Waals surface area contributed by atoms with E-state index in [0.717, 1.165) is 0 Å². The fourth-order valence-electron chi connectivity index (χ4n) is 0. The topological polar surface area (TPSA) is 142 Å². The Hall–Kier alpha value is 2.70. The minimum atomic E-state index is 0. The van der Waals surface area contributed by atoms with Crippen LogP contribution in [-0.2, 0) is 46.9 Å². The van der Waals surface area contributed by atoms with Crippen LogP contribution in [0.25, 0.3) is 0 Å². The molecule has 0 saturated carbocycles. The normalized spacial score (nSPS) is 0. The molecule has 0 N–H and O–H groups in total. The van der Waals surface area contributed by atoms with Crippen LogP contribution in [0.2, 0.25) is 0 Å². The van der Waals surface area contributed by atoms with Gasteiger partial charge in [-0.15, -0.1) is 0 Å². The van der Waals surface area contributed by atoms with Crippen LogP contribution < -0.4 is 0 Å². The summed E-state index contributed by atoms with van der Waals surface area (Å²) in [6.07, 6.45) is 0. The molecule has 0 aromatic heterocycles. The quantitative estimate of drug-likeness (QED) is 0.455. The summed E-state index contributed by atoms with van der Waals surface area (Å²) < 4.78 is 0. The summed E-state index contributed by atoms with van der Waals surface area (Å²) in [7, 11) is 0. The molecule has 5 nitrogen and oxygen atoms in total. The molecule has 0 spiro atoms. The van der Waals surface area contributed by atoms with Crippen molar-refractivity contribution >= 4 is 68.7 Å². The van der Waals surface area contributed by atoms with Crippen LogP contribution in [0.1, 0.15) is 0 Å². The molecule has 0 amide bonds. The fraction of sp³-hybridized carbons (Fsp3) is 0. The summed E-state index contributed by atoms with van der Waals surface area (Å²) in [5.74, 6) is 0. The minimum absolute atomic E-state index is 0. The van der Waals surface area contributed by atoms with Gasteiger partial charge in [-0.25, -0.2) is 0 Å². The molecule has 9 heavy (non-hydrogen) atoms. The average Bonchev–Trinajstić information content (AvgIpc) is 0. The van der Waals surface area contributed by atoms with Crippen molar-refractivity contribution in [2.45, 2.75) is 0 Å². The standard InChI is InChI=1S/Ga.In.Mg.5O.Zn/q2*+3;+2;5*-2;+2. The Bertz CT molecular complexity index is 16.9. The van der Waals surface area contributed by atoms with Gasteiger partial charge in [-0.2, -0.15) is 0 Å². The van der Waals surface area contributed by atoms with Crippen LogP contribution in [0, 0.1) is 0 Å².